The second-order valence-corrected chi connectivity index (χ2v) is 5.90. The summed E-state index contributed by atoms with van der Waals surface area (Å²) in [6.07, 6.45) is 0. The van der Waals surface area contributed by atoms with Crippen LogP contribution >= 0.6 is 11.3 Å². The highest BCUT2D eigenvalue weighted by atomic mass is 32.1. The molecule has 0 radical (unpaired) electrons. The average molecular weight is 354 g/mol. The van der Waals surface area contributed by atoms with Crippen molar-refractivity contribution in [3.63, 3.8) is 0 Å². The van der Waals surface area contributed by atoms with Gasteiger partial charge in [-0.25, -0.2) is 9.48 Å². The molecule has 0 spiro atoms. The fourth-order valence-corrected chi connectivity index (χ4v) is 3.05. The number of benzene rings is 1. The summed E-state index contributed by atoms with van der Waals surface area (Å²) in [7, 11) is 0. The number of nitrogens with zero attached hydrogens (tertiary/aromatic N) is 3. The molecule has 0 aliphatic heterocycles. The van der Waals surface area contributed by atoms with E-state index in [4.69, 9.17) is 5.26 Å². The van der Waals surface area contributed by atoms with Crippen molar-refractivity contribution in [3.8, 4) is 6.07 Å². The molecule has 1 amide bonds. The van der Waals surface area contributed by atoms with Crippen molar-refractivity contribution in [3.05, 3.63) is 57.3 Å². The van der Waals surface area contributed by atoms with Crippen LogP contribution in [0.25, 0.3) is 10.8 Å². The number of aromatic nitrogens is 2. The predicted molar refractivity (Wildman–Crippen MR) is 90.6 cm³/mol. The average Bonchev–Trinajstić information content (AvgIpc) is 3.04. The Bertz CT molecular complexity index is 1090. The molecule has 1 aromatic carbocycles. The van der Waals surface area contributed by atoms with Crippen molar-refractivity contribution in [2.75, 3.05) is 5.32 Å². The Hall–Kier alpha value is -3.51. The number of anilines is 1. The number of carboxylic acids is 1. The fraction of sp³-hybridized carbons (Fsp3) is 0.0625. The molecule has 3 rings (SSSR count). The zero-order valence-electron chi connectivity index (χ0n) is 12.6. The van der Waals surface area contributed by atoms with Gasteiger partial charge in [-0.1, -0.05) is 18.2 Å². The summed E-state index contributed by atoms with van der Waals surface area (Å²) in [6.45, 7) is -0.466. The van der Waals surface area contributed by atoms with E-state index in [0.717, 1.165) is 4.68 Å². The molecule has 0 aliphatic rings. The number of rotatable bonds is 4. The van der Waals surface area contributed by atoms with Crippen LogP contribution < -0.4 is 10.9 Å². The SMILES string of the molecule is N#Cc1ccsc1NC(=O)Cn1nc(C(=O)O)c2ccccc2c1=O. The lowest BCUT2D eigenvalue weighted by Crippen LogP contribution is -2.31. The van der Waals surface area contributed by atoms with Gasteiger partial charge in [0.1, 0.15) is 17.6 Å². The number of nitrogens with one attached hydrogen (secondary N) is 1. The van der Waals surface area contributed by atoms with Gasteiger partial charge in [0.05, 0.1) is 10.9 Å². The maximum atomic E-state index is 12.4. The van der Waals surface area contributed by atoms with Crippen LogP contribution in [0.15, 0.2) is 40.5 Å². The Morgan fingerprint density at radius 1 is 1.28 bits per heavy atom. The lowest BCUT2D eigenvalue weighted by atomic mass is 10.1. The lowest BCUT2D eigenvalue weighted by molar-refractivity contribution is -0.117. The van der Waals surface area contributed by atoms with Crippen LogP contribution in [0.2, 0.25) is 0 Å². The van der Waals surface area contributed by atoms with Gasteiger partial charge in [-0.2, -0.15) is 10.4 Å². The zero-order valence-corrected chi connectivity index (χ0v) is 13.4. The molecule has 25 heavy (non-hydrogen) atoms. The first-order chi connectivity index (χ1) is 12.0. The van der Waals surface area contributed by atoms with Gasteiger partial charge < -0.3 is 10.4 Å². The number of fused-ring (bicyclic) bond motifs is 1. The van der Waals surface area contributed by atoms with E-state index >= 15 is 0 Å². The fourth-order valence-electron chi connectivity index (χ4n) is 2.30. The molecule has 2 N–H and O–H groups in total. The van der Waals surface area contributed by atoms with Gasteiger partial charge in [0.15, 0.2) is 5.69 Å². The molecule has 8 nitrogen and oxygen atoms in total. The standard InChI is InChI=1S/C16H10N4O4S/c17-7-9-5-6-25-14(9)18-12(21)8-20-15(22)11-4-2-1-3-10(11)13(19-20)16(23)24/h1-6H,8H2,(H,18,21)(H,23,24). The number of carbonyl (C=O) groups excluding carboxylic acids is 1. The Balaban J connectivity index is 1.98. The van der Waals surface area contributed by atoms with Gasteiger partial charge >= 0.3 is 5.97 Å². The van der Waals surface area contributed by atoms with E-state index in [1.54, 1.807) is 23.6 Å². The molecule has 2 aromatic heterocycles. The van der Waals surface area contributed by atoms with Crippen LogP contribution in [0.5, 0.6) is 0 Å². The lowest BCUT2D eigenvalue weighted by Gasteiger charge is -2.09. The number of hydrogen-bond donors (Lipinski definition) is 2. The van der Waals surface area contributed by atoms with Gasteiger partial charge in [0, 0.05) is 5.39 Å². The Kier molecular flexibility index (Phi) is 4.28. The quantitative estimate of drug-likeness (QED) is 0.734. The van der Waals surface area contributed by atoms with Crippen LogP contribution in [0.4, 0.5) is 5.00 Å². The van der Waals surface area contributed by atoms with E-state index in [1.165, 1.54) is 23.5 Å². The first-order valence-electron chi connectivity index (χ1n) is 7.02. The Labute approximate surface area is 144 Å². The minimum Gasteiger partial charge on any atom is -0.476 e. The molecule has 0 unspecified atom stereocenters. The number of amides is 1. The molecule has 0 aliphatic carbocycles. The highest BCUT2D eigenvalue weighted by molar-refractivity contribution is 7.14. The highest BCUT2D eigenvalue weighted by Gasteiger charge is 2.17. The van der Waals surface area contributed by atoms with E-state index in [1.807, 2.05) is 6.07 Å². The molecule has 0 bridgehead atoms. The van der Waals surface area contributed by atoms with Gasteiger partial charge in [-0.3, -0.25) is 9.59 Å². The third-order valence-electron chi connectivity index (χ3n) is 3.40. The van der Waals surface area contributed by atoms with E-state index in [0.29, 0.717) is 10.6 Å². The first-order valence-corrected chi connectivity index (χ1v) is 7.90. The van der Waals surface area contributed by atoms with Gasteiger partial charge in [0.25, 0.3) is 5.56 Å². The van der Waals surface area contributed by atoms with Crippen LogP contribution in [0, 0.1) is 11.3 Å². The van der Waals surface area contributed by atoms with Crippen molar-refractivity contribution in [1.29, 1.82) is 5.26 Å². The van der Waals surface area contributed by atoms with Crippen LogP contribution in [-0.4, -0.2) is 26.8 Å². The van der Waals surface area contributed by atoms with E-state index in [9.17, 15) is 19.5 Å². The minimum atomic E-state index is -1.30. The molecule has 3 aromatic rings. The number of aromatic carboxylic acids is 1. The second kappa shape index (κ2) is 6.54. The number of nitriles is 1. The maximum absolute atomic E-state index is 12.4. The van der Waals surface area contributed by atoms with Gasteiger partial charge in [-0.15, -0.1) is 11.3 Å². The molecular formula is C16H10N4O4S. The van der Waals surface area contributed by atoms with E-state index < -0.39 is 24.0 Å². The van der Waals surface area contributed by atoms with Crippen LogP contribution in [0.1, 0.15) is 16.1 Å². The third kappa shape index (κ3) is 3.11. The molecule has 9 heteroatoms. The largest absolute Gasteiger partial charge is 0.476 e. The molecule has 0 saturated carbocycles. The van der Waals surface area contributed by atoms with Crippen LogP contribution in [0.3, 0.4) is 0 Å². The number of carboxylic acid groups (broad SMARTS) is 1. The smallest absolute Gasteiger partial charge is 0.357 e. The zero-order chi connectivity index (χ0) is 18.0. The topological polar surface area (TPSA) is 125 Å². The van der Waals surface area contributed by atoms with Crippen molar-refractivity contribution in [2.45, 2.75) is 6.54 Å². The Morgan fingerprint density at radius 2 is 2.00 bits per heavy atom. The summed E-state index contributed by atoms with van der Waals surface area (Å²) in [4.78, 5) is 36.0. The van der Waals surface area contributed by atoms with Crippen molar-refractivity contribution < 1.29 is 14.7 Å². The summed E-state index contributed by atoms with van der Waals surface area (Å²) < 4.78 is 0.806. The molecular weight excluding hydrogens is 344 g/mol. The normalized spacial score (nSPS) is 10.4. The number of carbonyl (C=O) groups is 2. The van der Waals surface area contributed by atoms with Crippen LogP contribution in [-0.2, 0) is 11.3 Å². The summed E-state index contributed by atoms with van der Waals surface area (Å²) >= 11 is 1.17. The molecule has 2 heterocycles. The summed E-state index contributed by atoms with van der Waals surface area (Å²) in [5.41, 5.74) is -0.567. The van der Waals surface area contributed by atoms with E-state index in [2.05, 4.69) is 10.4 Å². The maximum Gasteiger partial charge on any atom is 0.357 e. The monoisotopic (exact) mass is 354 g/mol. The molecule has 124 valence electrons. The van der Waals surface area contributed by atoms with Crippen molar-refractivity contribution in [2.24, 2.45) is 0 Å². The summed E-state index contributed by atoms with van der Waals surface area (Å²) in [5, 5.41) is 26.9. The first kappa shape index (κ1) is 16.4. The molecule has 0 atom stereocenters. The van der Waals surface area contributed by atoms with E-state index in [-0.39, 0.29) is 16.5 Å². The number of hydrogen-bond acceptors (Lipinski definition) is 6. The second-order valence-electron chi connectivity index (χ2n) is 4.99. The third-order valence-corrected chi connectivity index (χ3v) is 4.23. The molecule has 0 saturated heterocycles. The number of thiophene rings is 1. The highest BCUT2D eigenvalue weighted by Crippen LogP contribution is 2.22. The van der Waals surface area contributed by atoms with Gasteiger partial charge in [0.2, 0.25) is 5.91 Å². The molecule has 0 fully saturated rings. The van der Waals surface area contributed by atoms with Crippen molar-refractivity contribution in [1.82, 2.24) is 9.78 Å². The Morgan fingerprint density at radius 3 is 2.68 bits per heavy atom. The minimum absolute atomic E-state index is 0.163. The summed E-state index contributed by atoms with van der Waals surface area (Å²) in [6, 6.07) is 9.67. The van der Waals surface area contributed by atoms with Gasteiger partial charge in [-0.05, 0) is 17.5 Å². The summed E-state index contributed by atoms with van der Waals surface area (Å²) in [5.74, 6) is -1.88. The van der Waals surface area contributed by atoms with Crippen molar-refractivity contribution >= 4 is 39.0 Å². The predicted octanol–water partition coefficient (Wildman–Crippen LogP) is 1.67.